The Labute approximate surface area is 210 Å². The lowest BCUT2D eigenvalue weighted by atomic mass is 9.87. The molecule has 192 valence electrons. The highest BCUT2D eigenvalue weighted by Gasteiger charge is 2.40. The lowest BCUT2D eigenvalue weighted by molar-refractivity contribution is -0.0104. The lowest BCUT2D eigenvalue weighted by Gasteiger charge is -2.45. The number of nitrogens with one attached hydrogen (secondary N) is 1. The Bertz CT molecular complexity index is 1330. The van der Waals surface area contributed by atoms with Crippen LogP contribution in [0.5, 0.6) is 0 Å². The Morgan fingerprint density at radius 3 is 2.56 bits per heavy atom. The second-order valence-electron chi connectivity index (χ2n) is 11.0. The molecule has 1 atom stereocenters. The highest BCUT2D eigenvalue weighted by atomic mass is 19.1. The molecule has 36 heavy (non-hydrogen) atoms. The zero-order valence-electron chi connectivity index (χ0n) is 21.8. The van der Waals surface area contributed by atoms with Gasteiger partial charge in [-0.25, -0.2) is 24.1 Å². The lowest BCUT2D eigenvalue weighted by Crippen LogP contribution is -2.58. The summed E-state index contributed by atoms with van der Waals surface area (Å²) in [5.74, 6) is -0.426. The number of carbonyl (C=O) groups is 2. The van der Waals surface area contributed by atoms with Crippen molar-refractivity contribution in [3.05, 3.63) is 47.4 Å². The van der Waals surface area contributed by atoms with Crippen LogP contribution in [0, 0.1) is 19.7 Å². The van der Waals surface area contributed by atoms with Gasteiger partial charge in [0.2, 0.25) is 0 Å². The molecule has 1 N–H and O–H groups in total. The summed E-state index contributed by atoms with van der Waals surface area (Å²) in [5.41, 5.74) is 1.22. The SMILES string of the molecule is Cc1cn2cc(-c3ncc(C(=O)NC4CCN(C(=O)OC(C)(C)C)C(C)(C)C4)c(C)n3)cc(F)c2n1. The van der Waals surface area contributed by atoms with Crippen LogP contribution in [0.2, 0.25) is 0 Å². The number of rotatable bonds is 3. The first-order chi connectivity index (χ1) is 16.7. The molecule has 3 aromatic heterocycles. The van der Waals surface area contributed by atoms with Crippen molar-refractivity contribution in [1.29, 1.82) is 0 Å². The molecule has 3 aromatic rings. The Hall–Kier alpha value is -3.56. The van der Waals surface area contributed by atoms with Crippen molar-refractivity contribution < 1.29 is 18.7 Å². The summed E-state index contributed by atoms with van der Waals surface area (Å²) in [5, 5.41) is 3.06. The minimum atomic E-state index is -0.572. The molecule has 9 nitrogen and oxygen atoms in total. The zero-order valence-corrected chi connectivity index (χ0v) is 21.8. The molecule has 0 aliphatic carbocycles. The van der Waals surface area contributed by atoms with Gasteiger partial charge >= 0.3 is 6.09 Å². The Morgan fingerprint density at radius 2 is 1.92 bits per heavy atom. The van der Waals surface area contributed by atoms with Crippen LogP contribution in [0.25, 0.3) is 17.0 Å². The smallest absolute Gasteiger partial charge is 0.410 e. The number of fused-ring (bicyclic) bond motifs is 1. The van der Waals surface area contributed by atoms with Gasteiger partial charge in [0.05, 0.1) is 17.0 Å². The molecule has 0 bridgehead atoms. The third kappa shape index (κ3) is 5.32. The van der Waals surface area contributed by atoms with E-state index in [1.54, 1.807) is 35.5 Å². The number of hydrogen-bond acceptors (Lipinski definition) is 6. The summed E-state index contributed by atoms with van der Waals surface area (Å²) >= 11 is 0. The van der Waals surface area contributed by atoms with Crippen LogP contribution in [0.1, 0.15) is 69.2 Å². The topological polar surface area (TPSA) is 102 Å². The third-order valence-corrected chi connectivity index (χ3v) is 6.24. The van der Waals surface area contributed by atoms with Crippen molar-refractivity contribution in [2.75, 3.05) is 6.54 Å². The van der Waals surface area contributed by atoms with E-state index in [0.717, 1.165) is 0 Å². The molecule has 1 fully saturated rings. The number of aryl methyl sites for hydroxylation is 2. The number of ether oxygens (including phenoxy) is 1. The fourth-order valence-electron chi connectivity index (χ4n) is 4.58. The molecule has 0 saturated carbocycles. The molecule has 2 amide bonds. The average Bonchev–Trinajstić information content (AvgIpc) is 3.12. The Morgan fingerprint density at radius 1 is 1.19 bits per heavy atom. The van der Waals surface area contributed by atoms with Gasteiger partial charge in [0.1, 0.15) is 5.60 Å². The second-order valence-corrected chi connectivity index (χ2v) is 11.0. The molecule has 4 heterocycles. The van der Waals surface area contributed by atoms with E-state index >= 15 is 0 Å². The first kappa shape index (κ1) is 25.5. The van der Waals surface area contributed by atoms with Gasteiger partial charge < -0.3 is 19.4 Å². The zero-order chi connectivity index (χ0) is 26.4. The fourth-order valence-corrected chi connectivity index (χ4v) is 4.58. The Kier molecular flexibility index (Phi) is 6.49. The van der Waals surface area contributed by atoms with Gasteiger partial charge in [-0.1, -0.05) is 0 Å². The molecule has 0 spiro atoms. The number of pyridine rings is 1. The number of halogens is 1. The van der Waals surface area contributed by atoms with Crippen molar-refractivity contribution in [1.82, 2.24) is 29.6 Å². The number of imidazole rings is 1. The first-order valence-corrected chi connectivity index (χ1v) is 12.0. The first-order valence-electron chi connectivity index (χ1n) is 12.0. The molecule has 1 unspecified atom stereocenters. The van der Waals surface area contributed by atoms with E-state index in [-0.39, 0.29) is 23.7 Å². The molecule has 1 saturated heterocycles. The van der Waals surface area contributed by atoms with Gasteiger partial charge in [0.15, 0.2) is 17.3 Å². The molecule has 0 radical (unpaired) electrons. The largest absolute Gasteiger partial charge is 0.444 e. The van der Waals surface area contributed by atoms with Gasteiger partial charge in [-0.3, -0.25) is 4.79 Å². The van der Waals surface area contributed by atoms with Crippen LogP contribution in [-0.2, 0) is 4.74 Å². The summed E-state index contributed by atoms with van der Waals surface area (Å²) in [6, 6.07) is 1.22. The van der Waals surface area contributed by atoms with Gasteiger partial charge in [-0.05, 0) is 67.4 Å². The third-order valence-electron chi connectivity index (χ3n) is 6.24. The van der Waals surface area contributed by atoms with Crippen LogP contribution < -0.4 is 5.32 Å². The summed E-state index contributed by atoms with van der Waals surface area (Å²) in [6.07, 6.45) is 5.75. The number of nitrogens with zero attached hydrogens (tertiary/aromatic N) is 5. The number of amides is 2. The Balaban J connectivity index is 1.46. The van der Waals surface area contributed by atoms with Crippen LogP contribution in [0.15, 0.2) is 24.7 Å². The molecule has 0 aromatic carbocycles. The molecular weight excluding hydrogens is 463 g/mol. The van der Waals surface area contributed by atoms with Gasteiger partial charge in [0, 0.05) is 42.3 Å². The molecule has 1 aliphatic heterocycles. The van der Waals surface area contributed by atoms with E-state index < -0.39 is 17.0 Å². The van der Waals surface area contributed by atoms with Crippen molar-refractivity contribution in [2.24, 2.45) is 0 Å². The van der Waals surface area contributed by atoms with Crippen LogP contribution in [-0.4, -0.2) is 60.0 Å². The summed E-state index contributed by atoms with van der Waals surface area (Å²) in [4.78, 5) is 40.4. The normalized spacial score (nSPS) is 17.8. The molecular formula is C26H33FN6O3. The predicted octanol–water partition coefficient (Wildman–Crippen LogP) is 4.46. The number of aromatic nitrogens is 4. The van der Waals surface area contributed by atoms with Gasteiger partial charge in [-0.2, -0.15) is 0 Å². The summed E-state index contributed by atoms with van der Waals surface area (Å²) < 4.78 is 21.7. The van der Waals surface area contributed by atoms with Crippen molar-refractivity contribution >= 4 is 17.6 Å². The van der Waals surface area contributed by atoms with E-state index in [4.69, 9.17) is 4.74 Å². The van der Waals surface area contributed by atoms with E-state index in [9.17, 15) is 14.0 Å². The maximum atomic E-state index is 14.5. The van der Waals surface area contributed by atoms with E-state index in [2.05, 4.69) is 20.3 Å². The maximum absolute atomic E-state index is 14.5. The van der Waals surface area contributed by atoms with E-state index in [0.29, 0.717) is 47.7 Å². The molecule has 4 rings (SSSR count). The van der Waals surface area contributed by atoms with E-state index in [1.807, 2.05) is 34.6 Å². The van der Waals surface area contributed by atoms with Gasteiger partial charge in [-0.15, -0.1) is 0 Å². The van der Waals surface area contributed by atoms with E-state index in [1.165, 1.54) is 12.3 Å². The monoisotopic (exact) mass is 496 g/mol. The second kappa shape index (κ2) is 9.15. The maximum Gasteiger partial charge on any atom is 0.410 e. The fraction of sp³-hybridized carbons (Fsp3) is 0.500. The molecule has 1 aliphatic rings. The number of hydrogen-bond donors (Lipinski definition) is 1. The molecule has 10 heteroatoms. The number of piperidine rings is 1. The standard InChI is InChI=1S/C26H33FN6O3/c1-15-13-32-14-17(10-20(27)22(32)29-15)21-28-12-19(16(2)30-21)23(34)31-18-8-9-33(26(6,7)11-18)24(35)36-25(3,4)5/h10,12-14,18H,8-9,11H2,1-7H3,(H,31,34). The van der Waals surface area contributed by atoms with Crippen molar-refractivity contribution in [3.63, 3.8) is 0 Å². The van der Waals surface area contributed by atoms with Gasteiger partial charge in [0.25, 0.3) is 5.91 Å². The van der Waals surface area contributed by atoms with Crippen LogP contribution in [0.4, 0.5) is 9.18 Å². The quantitative estimate of drug-likeness (QED) is 0.575. The minimum Gasteiger partial charge on any atom is -0.444 e. The average molecular weight is 497 g/mol. The summed E-state index contributed by atoms with van der Waals surface area (Å²) in [6.45, 7) is 13.5. The minimum absolute atomic E-state index is 0.119. The number of carbonyl (C=O) groups excluding carboxylic acids is 2. The van der Waals surface area contributed by atoms with Crippen LogP contribution in [0.3, 0.4) is 0 Å². The number of likely N-dealkylation sites (tertiary alicyclic amines) is 1. The highest BCUT2D eigenvalue weighted by molar-refractivity contribution is 5.95. The van der Waals surface area contributed by atoms with Crippen molar-refractivity contribution in [2.45, 2.75) is 78.5 Å². The van der Waals surface area contributed by atoms with Crippen LogP contribution >= 0.6 is 0 Å². The highest BCUT2D eigenvalue weighted by Crippen LogP contribution is 2.30. The predicted molar refractivity (Wildman–Crippen MR) is 133 cm³/mol. The summed E-state index contributed by atoms with van der Waals surface area (Å²) in [7, 11) is 0. The van der Waals surface area contributed by atoms with Crippen molar-refractivity contribution in [3.8, 4) is 11.4 Å².